The van der Waals surface area contributed by atoms with Gasteiger partial charge >= 0.3 is 17.1 Å². The van der Waals surface area contributed by atoms with Crippen LogP contribution in [-0.4, -0.2) is 0 Å². The molecule has 17 heavy (non-hydrogen) atoms. The first-order chi connectivity index (χ1) is 7.61. The number of hydrogen-bond donors (Lipinski definition) is 0. The third kappa shape index (κ3) is 6.36. The van der Waals surface area contributed by atoms with Crippen LogP contribution >= 0.6 is 0 Å². The van der Waals surface area contributed by atoms with Crippen LogP contribution in [0.4, 0.5) is 0 Å². The molecule has 0 nitrogen and oxygen atoms in total. The van der Waals surface area contributed by atoms with Gasteiger partial charge in [0.25, 0.3) is 0 Å². The predicted molar refractivity (Wildman–Crippen MR) is 75.4 cm³/mol. The van der Waals surface area contributed by atoms with E-state index in [2.05, 4.69) is 0 Å². The van der Waals surface area contributed by atoms with Crippen molar-refractivity contribution in [1.82, 2.24) is 0 Å². The number of hydrogen-bond acceptors (Lipinski definition) is 4. The summed E-state index contributed by atoms with van der Waals surface area (Å²) >= 11 is 19.4. The van der Waals surface area contributed by atoms with Crippen molar-refractivity contribution in [3.63, 3.8) is 0 Å². The van der Waals surface area contributed by atoms with Gasteiger partial charge in [0.05, 0.1) is 0 Å². The fourth-order valence-corrected chi connectivity index (χ4v) is 1.49. The van der Waals surface area contributed by atoms with Gasteiger partial charge in [-0.1, -0.05) is 48.5 Å². The van der Waals surface area contributed by atoms with Gasteiger partial charge in [-0.25, -0.2) is 0 Å². The van der Waals surface area contributed by atoms with Crippen LogP contribution < -0.4 is 0 Å². The van der Waals surface area contributed by atoms with E-state index in [0.717, 1.165) is 19.6 Å². The van der Waals surface area contributed by atoms with E-state index in [1.807, 2.05) is 48.5 Å². The molecule has 0 heterocycles. The van der Waals surface area contributed by atoms with E-state index in [1.165, 1.54) is 0 Å². The summed E-state index contributed by atoms with van der Waals surface area (Å²) in [6.45, 7) is 0. The molecular formula is C12H8FeS4. The smallest absolute Gasteiger partial charge is 0.781 e. The van der Waals surface area contributed by atoms with Crippen LogP contribution in [0.15, 0.2) is 68.1 Å². The maximum atomic E-state index is 4.85. The van der Waals surface area contributed by atoms with Crippen LogP contribution in [0, 0.1) is 0 Å². The van der Waals surface area contributed by atoms with Gasteiger partial charge in [-0.3, -0.25) is 0 Å². The zero-order valence-corrected chi connectivity index (χ0v) is 13.0. The van der Waals surface area contributed by atoms with Crippen molar-refractivity contribution in [2.75, 3.05) is 0 Å². The fourth-order valence-electron chi connectivity index (χ4n) is 0.900. The molecule has 0 saturated carbocycles. The zero-order chi connectivity index (χ0) is 12.0. The number of benzene rings is 2. The monoisotopic (exact) mass is 336 g/mol. The molecule has 2 rings (SSSR count). The van der Waals surface area contributed by atoms with Gasteiger partial charge in [0.2, 0.25) is 0 Å². The van der Waals surface area contributed by atoms with E-state index in [0.29, 0.717) is 0 Å². The third-order valence-electron chi connectivity index (χ3n) is 1.70. The first-order valence-corrected chi connectivity index (χ1v) is 6.10. The maximum absolute atomic E-state index is 4.85. The summed E-state index contributed by atoms with van der Waals surface area (Å²) in [4.78, 5) is 3.06. The van der Waals surface area contributed by atoms with Crippen molar-refractivity contribution in [2.24, 2.45) is 0 Å². The predicted octanol–water partition coefficient (Wildman–Crippen LogP) is 2.99. The molecule has 5 heteroatoms. The second-order valence-corrected chi connectivity index (χ2v) is 4.65. The molecule has 0 aliphatic rings. The van der Waals surface area contributed by atoms with Crippen molar-refractivity contribution in [3.05, 3.63) is 48.5 Å². The summed E-state index contributed by atoms with van der Waals surface area (Å²) in [5, 5.41) is 0. The molecule has 0 amide bonds. The number of rotatable bonds is 0. The van der Waals surface area contributed by atoms with Gasteiger partial charge in [0, 0.05) is 0 Å². The minimum Gasteiger partial charge on any atom is -0.781 e. The average molecular weight is 336 g/mol. The Hall–Kier alpha value is -0.161. The summed E-state index contributed by atoms with van der Waals surface area (Å²) < 4.78 is 0. The summed E-state index contributed by atoms with van der Waals surface area (Å²) in [5.41, 5.74) is 0. The molecule has 2 aromatic carbocycles. The van der Waals surface area contributed by atoms with Gasteiger partial charge < -0.3 is 50.5 Å². The third-order valence-corrected chi connectivity index (χ3v) is 3.38. The Balaban J connectivity index is 0.000000284. The minimum absolute atomic E-state index is 0. The van der Waals surface area contributed by atoms with Gasteiger partial charge in [0.1, 0.15) is 0 Å². The average Bonchev–Trinajstić information content (AvgIpc) is 2.28. The molecule has 0 aliphatic heterocycles. The summed E-state index contributed by atoms with van der Waals surface area (Å²) in [6, 6.07) is 14.9. The fraction of sp³-hybridized carbons (Fsp3) is 0. The summed E-state index contributed by atoms with van der Waals surface area (Å²) in [6.07, 6.45) is 0. The van der Waals surface area contributed by atoms with Crippen molar-refractivity contribution in [2.45, 2.75) is 19.6 Å². The SMILES string of the molecule is [Fe+4].[S-]c1ccccc1[S-].[S-]c1ccccc1[S-]. The molecule has 0 atom stereocenters. The standard InChI is InChI=1S/2C6H6S2.Fe/c2*7-5-3-1-2-4-6(5)8;/h2*1-4,7-8H;/q;;+4/p-4. The van der Waals surface area contributed by atoms with Crippen LogP contribution in [0.1, 0.15) is 0 Å². The molecule has 0 radical (unpaired) electrons. The van der Waals surface area contributed by atoms with Crippen LogP contribution in [0.3, 0.4) is 0 Å². The largest absolute Gasteiger partial charge is 4.00 e. The second-order valence-electron chi connectivity index (χ2n) is 2.89. The van der Waals surface area contributed by atoms with Gasteiger partial charge in [-0.2, -0.15) is 19.6 Å². The summed E-state index contributed by atoms with van der Waals surface area (Å²) in [5.74, 6) is 0. The molecule has 0 aliphatic carbocycles. The molecule has 0 fully saturated rings. The van der Waals surface area contributed by atoms with E-state index in [-0.39, 0.29) is 17.1 Å². The minimum atomic E-state index is 0. The Bertz CT molecular complexity index is 374. The van der Waals surface area contributed by atoms with Crippen molar-refractivity contribution in [3.8, 4) is 0 Å². The van der Waals surface area contributed by atoms with E-state index >= 15 is 0 Å². The van der Waals surface area contributed by atoms with E-state index in [4.69, 9.17) is 50.5 Å². The van der Waals surface area contributed by atoms with E-state index in [1.54, 1.807) is 0 Å². The first-order valence-electron chi connectivity index (χ1n) is 4.47. The molecule has 0 aromatic heterocycles. The molecule has 88 valence electrons. The molecule has 0 unspecified atom stereocenters. The van der Waals surface area contributed by atoms with Crippen LogP contribution in [-0.2, 0) is 67.6 Å². The Morgan fingerprint density at radius 2 is 0.647 bits per heavy atom. The molecule has 2 aromatic rings. The first kappa shape index (κ1) is 16.8. The molecular weight excluding hydrogens is 328 g/mol. The Kier molecular flexibility index (Phi) is 8.78. The zero-order valence-electron chi connectivity index (χ0n) is 8.61. The molecule has 0 bridgehead atoms. The molecule has 0 spiro atoms. The normalized spacial score (nSPS) is 8.47. The van der Waals surface area contributed by atoms with Crippen molar-refractivity contribution in [1.29, 1.82) is 0 Å². The Labute approximate surface area is 135 Å². The van der Waals surface area contributed by atoms with Crippen molar-refractivity contribution >= 4 is 50.5 Å². The quantitative estimate of drug-likeness (QED) is 0.536. The molecule has 0 N–H and O–H groups in total. The van der Waals surface area contributed by atoms with Gasteiger partial charge in [-0.05, 0) is 0 Å². The van der Waals surface area contributed by atoms with Gasteiger partial charge in [-0.15, -0.1) is 0 Å². The van der Waals surface area contributed by atoms with Crippen molar-refractivity contribution < 1.29 is 17.1 Å². The topological polar surface area (TPSA) is 0 Å². The van der Waals surface area contributed by atoms with E-state index in [9.17, 15) is 0 Å². The maximum Gasteiger partial charge on any atom is 4.00 e. The van der Waals surface area contributed by atoms with Crippen LogP contribution in [0.25, 0.3) is 0 Å². The van der Waals surface area contributed by atoms with E-state index < -0.39 is 0 Å². The second kappa shape index (κ2) is 8.86. The van der Waals surface area contributed by atoms with Crippen LogP contribution in [0.5, 0.6) is 0 Å². The van der Waals surface area contributed by atoms with Crippen LogP contribution in [0.2, 0.25) is 0 Å². The van der Waals surface area contributed by atoms with Gasteiger partial charge in [0.15, 0.2) is 0 Å². The summed E-state index contributed by atoms with van der Waals surface area (Å²) in [7, 11) is 0. The molecule has 0 saturated heterocycles. The Morgan fingerprint density at radius 1 is 0.471 bits per heavy atom. The Morgan fingerprint density at radius 3 is 0.765 bits per heavy atom.